The second-order valence-corrected chi connectivity index (χ2v) is 5.39. The maximum Gasteiger partial charge on any atom is 0.299 e. The zero-order valence-electron chi connectivity index (χ0n) is 11.1. The van der Waals surface area contributed by atoms with Gasteiger partial charge in [-0.1, -0.05) is 13.3 Å². The maximum atomic E-state index is 13.3. The van der Waals surface area contributed by atoms with Gasteiger partial charge in [-0.15, -0.1) is 0 Å². The average Bonchev–Trinajstić information content (AvgIpc) is 2.64. The summed E-state index contributed by atoms with van der Waals surface area (Å²) in [4.78, 5) is 25.1. The molecule has 0 atom stereocenters. The van der Waals surface area contributed by atoms with Crippen molar-refractivity contribution in [3.05, 3.63) is 28.0 Å². The molecule has 1 aromatic carbocycles. The second-order valence-electron chi connectivity index (χ2n) is 4.54. The van der Waals surface area contributed by atoms with E-state index >= 15 is 0 Å². The molecule has 0 saturated heterocycles. The number of nitrogens with zero attached hydrogens (tertiary/aromatic N) is 1. The van der Waals surface area contributed by atoms with E-state index in [9.17, 15) is 14.0 Å². The van der Waals surface area contributed by atoms with Crippen molar-refractivity contribution >= 4 is 33.3 Å². The van der Waals surface area contributed by atoms with Crippen LogP contribution in [0.4, 0.5) is 10.1 Å². The number of carbonyl (C=O) groups excluding carboxylic acids is 2. The molecule has 0 bridgehead atoms. The van der Waals surface area contributed by atoms with E-state index in [1.54, 1.807) is 0 Å². The molecule has 6 heteroatoms. The van der Waals surface area contributed by atoms with E-state index in [0.29, 0.717) is 23.4 Å². The minimum atomic E-state index is -0.672. The first-order chi connectivity index (χ1) is 9.56. The van der Waals surface area contributed by atoms with Crippen LogP contribution in [-0.4, -0.2) is 31.4 Å². The van der Waals surface area contributed by atoms with Crippen LogP contribution in [0.1, 0.15) is 30.1 Å². The standard InChI is InChI=1S/C14H15BrFNO3/c1-2-3-5-20-6-4-17-12-10(13(18)14(17)19)7-9(16)8-11(12)15/h7-8H,2-6H2,1H3. The Morgan fingerprint density at radius 2 is 2.05 bits per heavy atom. The molecule has 1 heterocycles. The predicted molar refractivity (Wildman–Crippen MR) is 76.5 cm³/mol. The van der Waals surface area contributed by atoms with E-state index in [0.717, 1.165) is 18.9 Å². The monoisotopic (exact) mass is 343 g/mol. The molecule has 0 fully saturated rings. The Morgan fingerprint density at radius 1 is 1.30 bits per heavy atom. The molecule has 0 unspecified atom stereocenters. The van der Waals surface area contributed by atoms with Gasteiger partial charge in [-0.2, -0.15) is 0 Å². The van der Waals surface area contributed by atoms with Crippen LogP contribution in [-0.2, 0) is 9.53 Å². The number of benzene rings is 1. The summed E-state index contributed by atoms with van der Waals surface area (Å²) < 4.78 is 19.1. The lowest BCUT2D eigenvalue weighted by molar-refractivity contribution is -0.114. The summed E-state index contributed by atoms with van der Waals surface area (Å²) in [5, 5.41) is 0. The van der Waals surface area contributed by atoms with E-state index in [-0.39, 0.29) is 12.1 Å². The summed E-state index contributed by atoms with van der Waals surface area (Å²) in [7, 11) is 0. The smallest absolute Gasteiger partial charge is 0.299 e. The third-order valence-corrected chi connectivity index (χ3v) is 3.69. The van der Waals surface area contributed by atoms with Crippen LogP contribution < -0.4 is 4.90 Å². The highest BCUT2D eigenvalue weighted by atomic mass is 79.9. The number of ketones is 1. The molecule has 2 rings (SSSR count). The number of Topliss-reactive ketones (excluding diaryl/α,β-unsaturated/α-hetero) is 1. The van der Waals surface area contributed by atoms with Crippen molar-refractivity contribution < 1.29 is 18.7 Å². The normalized spacial score (nSPS) is 14.1. The molecular formula is C14H15BrFNO3. The Kier molecular flexibility index (Phi) is 4.88. The number of ether oxygens (including phenoxy) is 1. The Morgan fingerprint density at radius 3 is 2.75 bits per heavy atom. The summed E-state index contributed by atoms with van der Waals surface area (Å²) >= 11 is 3.20. The van der Waals surface area contributed by atoms with E-state index in [2.05, 4.69) is 22.9 Å². The fourth-order valence-corrected chi connectivity index (χ4v) is 2.72. The average molecular weight is 344 g/mol. The summed E-state index contributed by atoms with van der Waals surface area (Å²) in [6.07, 6.45) is 1.99. The van der Waals surface area contributed by atoms with Crippen molar-refractivity contribution in [1.82, 2.24) is 0 Å². The van der Waals surface area contributed by atoms with Crippen LogP contribution in [0.3, 0.4) is 0 Å². The summed E-state index contributed by atoms with van der Waals surface area (Å²) in [6.45, 7) is 3.33. The van der Waals surface area contributed by atoms with Crippen LogP contribution in [0.5, 0.6) is 0 Å². The first-order valence-electron chi connectivity index (χ1n) is 6.49. The Bertz CT molecular complexity index is 547. The molecule has 1 aliphatic rings. The first-order valence-corrected chi connectivity index (χ1v) is 7.28. The lowest BCUT2D eigenvalue weighted by Gasteiger charge is -2.17. The Labute approximate surface area is 125 Å². The van der Waals surface area contributed by atoms with Gasteiger partial charge in [-0.25, -0.2) is 4.39 Å². The van der Waals surface area contributed by atoms with E-state index in [1.807, 2.05) is 0 Å². The summed E-state index contributed by atoms with van der Waals surface area (Å²) in [5.41, 5.74) is 0.538. The number of hydrogen-bond donors (Lipinski definition) is 0. The third-order valence-electron chi connectivity index (χ3n) is 3.08. The molecule has 0 aliphatic carbocycles. The molecular weight excluding hydrogens is 329 g/mol. The molecule has 4 nitrogen and oxygen atoms in total. The van der Waals surface area contributed by atoms with Crippen molar-refractivity contribution in [2.45, 2.75) is 19.8 Å². The van der Waals surface area contributed by atoms with Crippen molar-refractivity contribution in [2.75, 3.05) is 24.7 Å². The van der Waals surface area contributed by atoms with Gasteiger partial charge < -0.3 is 9.64 Å². The minimum absolute atomic E-state index is 0.107. The molecule has 108 valence electrons. The molecule has 1 amide bonds. The minimum Gasteiger partial charge on any atom is -0.380 e. The van der Waals surface area contributed by atoms with E-state index in [1.165, 1.54) is 11.0 Å². The number of fused-ring (bicyclic) bond motifs is 1. The van der Waals surface area contributed by atoms with Gasteiger partial charge in [0, 0.05) is 17.6 Å². The van der Waals surface area contributed by atoms with Gasteiger partial charge in [0.1, 0.15) is 5.82 Å². The predicted octanol–water partition coefficient (Wildman–Crippen LogP) is 2.93. The number of carbonyl (C=O) groups is 2. The highest BCUT2D eigenvalue weighted by Crippen LogP contribution is 2.36. The van der Waals surface area contributed by atoms with E-state index in [4.69, 9.17) is 4.74 Å². The van der Waals surface area contributed by atoms with Crippen molar-refractivity contribution in [1.29, 1.82) is 0 Å². The number of anilines is 1. The SMILES string of the molecule is CCCCOCCN1C(=O)C(=O)c2cc(F)cc(Br)c21. The lowest BCUT2D eigenvalue weighted by atomic mass is 10.1. The van der Waals surface area contributed by atoms with Crippen LogP contribution >= 0.6 is 15.9 Å². The molecule has 20 heavy (non-hydrogen) atoms. The van der Waals surface area contributed by atoms with Crippen LogP contribution in [0.15, 0.2) is 16.6 Å². The topological polar surface area (TPSA) is 46.6 Å². The zero-order chi connectivity index (χ0) is 14.7. The van der Waals surface area contributed by atoms with Crippen molar-refractivity contribution in [3.8, 4) is 0 Å². The Hall–Kier alpha value is -1.27. The fraction of sp³-hybridized carbons (Fsp3) is 0.429. The largest absolute Gasteiger partial charge is 0.380 e. The van der Waals surface area contributed by atoms with Gasteiger partial charge in [0.25, 0.3) is 11.7 Å². The second kappa shape index (κ2) is 6.45. The molecule has 0 saturated carbocycles. The summed E-state index contributed by atoms with van der Waals surface area (Å²) in [5.74, 6) is -1.85. The number of rotatable bonds is 6. The van der Waals surface area contributed by atoms with Gasteiger partial charge in [-0.05, 0) is 34.5 Å². The highest BCUT2D eigenvalue weighted by Gasteiger charge is 2.37. The molecule has 0 spiro atoms. The number of hydrogen-bond acceptors (Lipinski definition) is 3. The lowest BCUT2D eigenvalue weighted by Crippen LogP contribution is -2.33. The van der Waals surface area contributed by atoms with Gasteiger partial charge in [0.2, 0.25) is 0 Å². The van der Waals surface area contributed by atoms with Gasteiger partial charge >= 0.3 is 0 Å². The zero-order valence-corrected chi connectivity index (χ0v) is 12.7. The fourth-order valence-electron chi connectivity index (χ4n) is 2.07. The molecule has 1 aromatic rings. The maximum absolute atomic E-state index is 13.3. The number of halogens is 2. The number of unbranched alkanes of at least 4 members (excludes halogenated alkanes) is 1. The first kappa shape index (κ1) is 15.1. The van der Waals surface area contributed by atoms with Crippen LogP contribution in [0.25, 0.3) is 0 Å². The Balaban J connectivity index is 2.12. The highest BCUT2D eigenvalue weighted by molar-refractivity contribution is 9.10. The molecule has 1 aliphatic heterocycles. The van der Waals surface area contributed by atoms with E-state index < -0.39 is 17.5 Å². The van der Waals surface area contributed by atoms with Crippen LogP contribution in [0.2, 0.25) is 0 Å². The van der Waals surface area contributed by atoms with Gasteiger partial charge in [-0.3, -0.25) is 9.59 Å². The quantitative estimate of drug-likeness (QED) is 0.589. The van der Waals surface area contributed by atoms with Gasteiger partial charge in [0.15, 0.2) is 0 Å². The van der Waals surface area contributed by atoms with Crippen molar-refractivity contribution in [3.63, 3.8) is 0 Å². The van der Waals surface area contributed by atoms with Gasteiger partial charge in [0.05, 0.1) is 17.9 Å². The number of amides is 1. The molecule has 0 radical (unpaired) electrons. The van der Waals surface area contributed by atoms with Crippen LogP contribution in [0, 0.1) is 5.82 Å². The summed E-state index contributed by atoms with van der Waals surface area (Å²) in [6, 6.07) is 2.34. The molecule has 0 aromatic heterocycles. The molecule has 0 N–H and O–H groups in total. The third kappa shape index (κ3) is 2.91. The van der Waals surface area contributed by atoms with Crippen molar-refractivity contribution in [2.24, 2.45) is 0 Å².